The van der Waals surface area contributed by atoms with E-state index in [9.17, 15) is 13.2 Å². The molecule has 0 aliphatic heterocycles. The Kier molecular flexibility index (Phi) is 3.49. The highest BCUT2D eigenvalue weighted by molar-refractivity contribution is 6.32. The summed E-state index contributed by atoms with van der Waals surface area (Å²) in [4.78, 5) is 0. The molecule has 0 fully saturated rings. The molecule has 0 unspecified atom stereocenters. The summed E-state index contributed by atoms with van der Waals surface area (Å²) in [5, 5.41) is 3.26. The van der Waals surface area contributed by atoms with Crippen LogP contribution in [-0.4, -0.2) is 9.78 Å². The van der Waals surface area contributed by atoms with Crippen molar-refractivity contribution in [3.05, 3.63) is 10.8 Å². The molecular formula is C8H11ClF3N3. The van der Waals surface area contributed by atoms with Crippen molar-refractivity contribution in [2.45, 2.75) is 32.5 Å². The maximum absolute atomic E-state index is 12.6. The fourth-order valence-corrected chi connectivity index (χ4v) is 1.40. The van der Waals surface area contributed by atoms with Crippen LogP contribution >= 0.6 is 11.6 Å². The van der Waals surface area contributed by atoms with Crippen molar-refractivity contribution in [2.75, 3.05) is 5.73 Å². The highest BCUT2D eigenvalue weighted by Crippen LogP contribution is 2.36. The van der Waals surface area contributed by atoms with Gasteiger partial charge in [0, 0.05) is 6.54 Å². The van der Waals surface area contributed by atoms with Crippen LogP contribution in [-0.2, 0) is 12.7 Å². The summed E-state index contributed by atoms with van der Waals surface area (Å²) in [5.74, 6) is 0. The largest absolute Gasteiger partial charge is 0.435 e. The molecule has 0 amide bonds. The second-order valence-electron chi connectivity index (χ2n) is 3.13. The first-order valence-electron chi connectivity index (χ1n) is 4.47. The van der Waals surface area contributed by atoms with Gasteiger partial charge in [0.15, 0.2) is 10.8 Å². The number of hydrogen-bond donors (Lipinski definition) is 1. The van der Waals surface area contributed by atoms with E-state index in [-0.39, 0.29) is 11.7 Å². The Morgan fingerprint density at radius 2 is 2.07 bits per heavy atom. The van der Waals surface area contributed by atoms with E-state index in [0.717, 1.165) is 11.1 Å². The van der Waals surface area contributed by atoms with Crippen LogP contribution < -0.4 is 5.73 Å². The zero-order chi connectivity index (χ0) is 11.6. The number of nitrogens with zero attached hydrogens (tertiary/aromatic N) is 2. The minimum absolute atomic E-state index is 0.169. The van der Waals surface area contributed by atoms with Gasteiger partial charge in [0.1, 0.15) is 5.69 Å². The molecule has 1 rings (SSSR count). The van der Waals surface area contributed by atoms with Gasteiger partial charge in [-0.05, 0) is 6.42 Å². The molecule has 0 saturated heterocycles. The maximum Gasteiger partial charge on any atom is 0.435 e. The quantitative estimate of drug-likeness (QED) is 0.884. The molecule has 7 heteroatoms. The zero-order valence-corrected chi connectivity index (χ0v) is 8.86. The Hall–Kier alpha value is -0.910. The van der Waals surface area contributed by atoms with Gasteiger partial charge in [-0.2, -0.15) is 18.3 Å². The molecule has 15 heavy (non-hydrogen) atoms. The van der Waals surface area contributed by atoms with Gasteiger partial charge in [-0.1, -0.05) is 24.9 Å². The second kappa shape index (κ2) is 4.30. The van der Waals surface area contributed by atoms with Crippen LogP contribution in [0.15, 0.2) is 0 Å². The van der Waals surface area contributed by atoms with E-state index in [0.29, 0.717) is 6.42 Å². The lowest BCUT2D eigenvalue weighted by Crippen LogP contribution is -2.16. The highest BCUT2D eigenvalue weighted by Gasteiger charge is 2.38. The van der Waals surface area contributed by atoms with E-state index in [4.69, 9.17) is 17.3 Å². The Labute approximate surface area is 90.0 Å². The zero-order valence-electron chi connectivity index (χ0n) is 8.10. The van der Waals surface area contributed by atoms with Gasteiger partial charge < -0.3 is 5.73 Å². The van der Waals surface area contributed by atoms with Crippen molar-refractivity contribution in [3.63, 3.8) is 0 Å². The average Bonchev–Trinajstić information content (AvgIpc) is 2.38. The number of nitrogens with two attached hydrogens (primary N) is 1. The van der Waals surface area contributed by atoms with Crippen molar-refractivity contribution < 1.29 is 13.2 Å². The molecule has 0 spiro atoms. The van der Waals surface area contributed by atoms with Crippen molar-refractivity contribution in [1.29, 1.82) is 0 Å². The van der Waals surface area contributed by atoms with Gasteiger partial charge in [0.05, 0.1) is 0 Å². The molecule has 1 heterocycles. The van der Waals surface area contributed by atoms with Gasteiger partial charge in [-0.15, -0.1) is 0 Å². The first-order valence-corrected chi connectivity index (χ1v) is 4.84. The summed E-state index contributed by atoms with van der Waals surface area (Å²) < 4.78 is 38.5. The monoisotopic (exact) mass is 241 g/mol. The lowest BCUT2D eigenvalue weighted by atomic mass is 10.3. The normalized spacial score (nSPS) is 12.1. The lowest BCUT2D eigenvalue weighted by molar-refractivity contribution is -0.143. The first-order chi connectivity index (χ1) is 6.88. The van der Waals surface area contributed by atoms with Crippen molar-refractivity contribution in [3.8, 4) is 0 Å². The molecule has 0 bridgehead atoms. The van der Waals surface area contributed by atoms with Crippen molar-refractivity contribution in [1.82, 2.24) is 9.78 Å². The molecule has 0 atom stereocenters. The van der Waals surface area contributed by atoms with Crippen molar-refractivity contribution >= 4 is 17.3 Å². The lowest BCUT2D eigenvalue weighted by Gasteiger charge is -2.10. The molecule has 0 saturated carbocycles. The Morgan fingerprint density at radius 3 is 2.53 bits per heavy atom. The van der Waals surface area contributed by atoms with Gasteiger partial charge in [0.25, 0.3) is 0 Å². The van der Waals surface area contributed by atoms with Crippen molar-refractivity contribution in [2.24, 2.45) is 0 Å². The summed E-state index contributed by atoms with van der Waals surface area (Å²) in [6.07, 6.45) is -3.15. The molecule has 0 aliphatic rings. The molecule has 2 N–H and O–H groups in total. The van der Waals surface area contributed by atoms with E-state index in [1.165, 1.54) is 0 Å². The van der Waals surface area contributed by atoms with Crippen LogP contribution in [0.4, 0.5) is 18.9 Å². The fraction of sp³-hybridized carbons (Fsp3) is 0.625. The smallest absolute Gasteiger partial charge is 0.394 e. The summed E-state index contributed by atoms with van der Waals surface area (Å²) in [6, 6.07) is 0. The van der Waals surface area contributed by atoms with E-state index < -0.39 is 17.6 Å². The van der Waals surface area contributed by atoms with Crippen LogP contribution in [0.3, 0.4) is 0 Å². The van der Waals surface area contributed by atoms with Crippen LogP contribution in [0.2, 0.25) is 5.15 Å². The number of nitrogen functional groups attached to an aromatic ring is 1. The van der Waals surface area contributed by atoms with E-state index in [2.05, 4.69) is 5.10 Å². The first kappa shape index (κ1) is 12.2. The number of unbranched alkanes of at least 4 members (excludes halogenated alkanes) is 1. The Morgan fingerprint density at radius 1 is 1.47 bits per heavy atom. The molecule has 3 nitrogen and oxygen atoms in total. The molecule has 1 aromatic rings. The van der Waals surface area contributed by atoms with E-state index in [1.807, 2.05) is 6.92 Å². The topological polar surface area (TPSA) is 43.8 Å². The second-order valence-corrected chi connectivity index (χ2v) is 3.49. The number of anilines is 1. The van der Waals surface area contributed by atoms with E-state index >= 15 is 0 Å². The van der Waals surface area contributed by atoms with Crippen LogP contribution in [0, 0.1) is 0 Å². The third kappa shape index (κ3) is 2.56. The molecule has 86 valence electrons. The van der Waals surface area contributed by atoms with Gasteiger partial charge >= 0.3 is 6.18 Å². The molecule has 0 aliphatic carbocycles. The number of halogens is 4. The van der Waals surface area contributed by atoms with Gasteiger partial charge in [-0.25, -0.2) is 0 Å². The average molecular weight is 242 g/mol. The fourth-order valence-electron chi connectivity index (χ4n) is 1.22. The van der Waals surface area contributed by atoms with Gasteiger partial charge in [0.2, 0.25) is 0 Å². The SMILES string of the molecule is CCCCn1nc(Cl)c(N)c1C(F)(F)F. The van der Waals surface area contributed by atoms with Crippen LogP contribution in [0.5, 0.6) is 0 Å². The van der Waals surface area contributed by atoms with E-state index in [1.54, 1.807) is 0 Å². The predicted molar refractivity (Wildman–Crippen MR) is 51.6 cm³/mol. The standard InChI is InChI=1S/C8H11ClF3N3/c1-2-3-4-15-6(8(10,11)12)5(13)7(9)14-15/h2-4,13H2,1H3. The number of hydrogen-bond acceptors (Lipinski definition) is 2. The van der Waals surface area contributed by atoms with Crippen LogP contribution in [0.25, 0.3) is 0 Å². The summed E-state index contributed by atoms with van der Waals surface area (Å²) in [5.41, 5.74) is 3.77. The third-order valence-electron chi connectivity index (χ3n) is 1.94. The number of rotatable bonds is 3. The number of aromatic nitrogens is 2. The molecular weight excluding hydrogens is 231 g/mol. The van der Waals surface area contributed by atoms with Crippen LogP contribution in [0.1, 0.15) is 25.5 Å². The highest BCUT2D eigenvalue weighted by atomic mass is 35.5. The molecule has 1 aromatic heterocycles. The minimum Gasteiger partial charge on any atom is -0.394 e. The number of alkyl halides is 3. The Bertz CT molecular complexity index is 346. The molecule has 0 radical (unpaired) electrons. The number of aryl methyl sites for hydroxylation is 1. The Balaban J connectivity index is 3.10. The predicted octanol–water partition coefficient (Wildman–Crippen LogP) is 2.94. The maximum atomic E-state index is 12.6. The summed E-state index contributed by atoms with van der Waals surface area (Å²) in [6.45, 7) is 2.05. The summed E-state index contributed by atoms with van der Waals surface area (Å²) in [7, 11) is 0. The van der Waals surface area contributed by atoms with Gasteiger partial charge in [-0.3, -0.25) is 4.68 Å². The minimum atomic E-state index is -4.52. The molecule has 0 aromatic carbocycles. The third-order valence-corrected chi connectivity index (χ3v) is 2.22. The summed E-state index contributed by atoms with van der Waals surface area (Å²) >= 11 is 5.46.